The normalized spacial score (nSPS) is 24.4. The fourth-order valence-corrected chi connectivity index (χ4v) is 1.14. The molecule has 0 aliphatic carbocycles. The van der Waals surface area contributed by atoms with Crippen molar-refractivity contribution < 1.29 is 14.3 Å². The lowest BCUT2D eigenvalue weighted by Gasteiger charge is -2.16. The molecule has 1 saturated heterocycles. The summed E-state index contributed by atoms with van der Waals surface area (Å²) in [7, 11) is 1.38. The van der Waals surface area contributed by atoms with Gasteiger partial charge in [0.05, 0.1) is 20.3 Å². The van der Waals surface area contributed by atoms with Gasteiger partial charge in [0.2, 0.25) is 0 Å². The Bertz CT molecular complexity index is 216. The van der Waals surface area contributed by atoms with Gasteiger partial charge in [-0.25, -0.2) is 4.79 Å². The van der Waals surface area contributed by atoms with E-state index in [4.69, 9.17) is 4.74 Å². The van der Waals surface area contributed by atoms with E-state index in [1.54, 1.807) is 0 Å². The molecule has 0 aromatic carbocycles. The van der Waals surface area contributed by atoms with Crippen LogP contribution in [0.25, 0.3) is 0 Å². The van der Waals surface area contributed by atoms with Crippen LogP contribution in [0.1, 0.15) is 13.8 Å². The second kappa shape index (κ2) is 3.27. The van der Waals surface area contributed by atoms with Gasteiger partial charge in [-0.15, -0.1) is 0 Å². The molecule has 1 rings (SSSR count). The molecule has 0 N–H and O–H groups in total. The Hall–Kier alpha value is -0.830. The minimum Gasteiger partial charge on any atom is -0.466 e. The van der Waals surface area contributed by atoms with E-state index >= 15 is 0 Å². The average Bonchev–Trinajstić information content (AvgIpc) is 2.31. The third-order valence-corrected chi connectivity index (χ3v) is 2.08. The third kappa shape index (κ3) is 1.85. The molecule has 0 atom stereocenters. The molecule has 1 fully saturated rings. The molecular formula is C9H14O3. The molecule has 0 aromatic heterocycles. The van der Waals surface area contributed by atoms with Gasteiger partial charge in [-0.1, -0.05) is 13.8 Å². The first-order valence-corrected chi connectivity index (χ1v) is 3.93. The number of hydrogen-bond acceptors (Lipinski definition) is 3. The van der Waals surface area contributed by atoms with Crippen LogP contribution in [0.5, 0.6) is 0 Å². The summed E-state index contributed by atoms with van der Waals surface area (Å²) >= 11 is 0. The molecule has 1 heterocycles. The van der Waals surface area contributed by atoms with Crippen LogP contribution in [-0.2, 0) is 14.3 Å². The number of ether oxygens (including phenoxy) is 2. The highest BCUT2D eigenvalue weighted by atomic mass is 16.5. The van der Waals surface area contributed by atoms with Crippen molar-refractivity contribution in [1.29, 1.82) is 0 Å². The van der Waals surface area contributed by atoms with Gasteiger partial charge in [0.15, 0.2) is 0 Å². The predicted octanol–water partition coefficient (Wildman–Crippen LogP) is 1.14. The Morgan fingerprint density at radius 2 is 2.33 bits per heavy atom. The van der Waals surface area contributed by atoms with Crippen LogP contribution in [0.4, 0.5) is 0 Å². The van der Waals surface area contributed by atoms with Crippen molar-refractivity contribution >= 4 is 5.97 Å². The largest absolute Gasteiger partial charge is 0.466 e. The number of hydrogen-bond donors (Lipinski definition) is 0. The average molecular weight is 170 g/mol. The number of carbonyl (C=O) groups excluding carboxylic acids is 1. The van der Waals surface area contributed by atoms with Crippen LogP contribution in [-0.4, -0.2) is 26.3 Å². The summed E-state index contributed by atoms with van der Waals surface area (Å²) in [6, 6.07) is 0. The molecule has 1 aliphatic rings. The molecule has 1 aliphatic heterocycles. The second-order valence-electron chi connectivity index (χ2n) is 3.57. The molecule has 0 unspecified atom stereocenters. The summed E-state index contributed by atoms with van der Waals surface area (Å²) in [6.45, 7) is 5.32. The lowest BCUT2D eigenvalue weighted by Crippen LogP contribution is -2.14. The number of methoxy groups -OCH3 is 1. The molecule has 0 radical (unpaired) electrons. The maximum absolute atomic E-state index is 10.9. The maximum atomic E-state index is 10.9. The lowest BCUT2D eigenvalue weighted by molar-refractivity contribution is -0.134. The minimum absolute atomic E-state index is 0.0197. The number of carbonyl (C=O) groups is 1. The molecule has 0 saturated carbocycles. The predicted molar refractivity (Wildman–Crippen MR) is 44.7 cm³/mol. The zero-order valence-corrected chi connectivity index (χ0v) is 7.72. The van der Waals surface area contributed by atoms with Gasteiger partial charge in [0.25, 0.3) is 0 Å². The number of rotatable bonds is 1. The summed E-state index contributed by atoms with van der Waals surface area (Å²) in [6.07, 6.45) is 1.52. The maximum Gasteiger partial charge on any atom is 0.330 e. The first-order valence-electron chi connectivity index (χ1n) is 3.93. The zero-order chi connectivity index (χ0) is 9.19. The van der Waals surface area contributed by atoms with E-state index in [0.29, 0.717) is 13.2 Å². The monoisotopic (exact) mass is 170 g/mol. The molecule has 0 aromatic rings. The van der Waals surface area contributed by atoms with Gasteiger partial charge >= 0.3 is 5.97 Å². The van der Waals surface area contributed by atoms with Crippen LogP contribution in [0.3, 0.4) is 0 Å². The summed E-state index contributed by atoms with van der Waals surface area (Å²) in [5, 5.41) is 0. The van der Waals surface area contributed by atoms with Crippen molar-refractivity contribution in [3.63, 3.8) is 0 Å². The summed E-state index contributed by atoms with van der Waals surface area (Å²) in [4.78, 5) is 10.9. The van der Waals surface area contributed by atoms with Crippen LogP contribution < -0.4 is 0 Å². The van der Waals surface area contributed by atoms with E-state index in [2.05, 4.69) is 18.6 Å². The van der Waals surface area contributed by atoms with Gasteiger partial charge < -0.3 is 9.47 Å². The number of esters is 1. The zero-order valence-electron chi connectivity index (χ0n) is 7.72. The molecule has 0 bridgehead atoms. The standard InChI is InChI=1S/C9H14O3/c1-9(2)6-12-5-7(9)4-8(10)11-3/h4H,5-6H2,1-3H3/b7-4-. The Labute approximate surface area is 72.4 Å². The summed E-state index contributed by atoms with van der Waals surface area (Å²) in [5.41, 5.74) is 0.989. The first kappa shape index (κ1) is 9.26. The molecule has 0 amide bonds. The van der Waals surface area contributed by atoms with E-state index < -0.39 is 0 Å². The van der Waals surface area contributed by atoms with Crippen LogP contribution in [0.15, 0.2) is 11.6 Å². The fourth-order valence-electron chi connectivity index (χ4n) is 1.14. The molecule has 3 nitrogen and oxygen atoms in total. The van der Waals surface area contributed by atoms with E-state index in [-0.39, 0.29) is 11.4 Å². The highest BCUT2D eigenvalue weighted by Crippen LogP contribution is 2.32. The second-order valence-corrected chi connectivity index (χ2v) is 3.57. The van der Waals surface area contributed by atoms with Crippen LogP contribution >= 0.6 is 0 Å². The van der Waals surface area contributed by atoms with E-state index in [0.717, 1.165) is 5.57 Å². The topological polar surface area (TPSA) is 35.5 Å². The highest BCUT2D eigenvalue weighted by Gasteiger charge is 2.30. The van der Waals surface area contributed by atoms with E-state index in [1.807, 2.05) is 0 Å². The van der Waals surface area contributed by atoms with Crippen molar-refractivity contribution in [3.8, 4) is 0 Å². The van der Waals surface area contributed by atoms with Gasteiger partial charge in [0.1, 0.15) is 0 Å². The van der Waals surface area contributed by atoms with Crippen molar-refractivity contribution in [2.24, 2.45) is 5.41 Å². The Kier molecular flexibility index (Phi) is 2.52. The Balaban J connectivity index is 2.74. The quantitative estimate of drug-likeness (QED) is 0.437. The van der Waals surface area contributed by atoms with Gasteiger partial charge in [-0.2, -0.15) is 0 Å². The van der Waals surface area contributed by atoms with E-state index in [1.165, 1.54) is 13.2 Å². The van der Waals surface area contributed by atoms with Gasteiger partial charge in [-0.05, 0) is 5.57 Å². The SMILES string of the molecule is COC(=O)/C=C1/COCC1(C)C. The smallest absolute Gasteiger partial charge is 0.330 e. The van der Waals surface area contributed by atoms with E-state index in [9.17, 15) is 4.79 Å². The van der Waals surface area contributed by atoms with Crippen LogP contribution in [0.2, 0.25) is 0 Å². The molecular weight excluding hydrogens is 156 g/mol. The molecule has 3 heteroatoms. The third-order valence-electron chi connectivity index (χ3n) is 2.08. The van der Waals surface area contributed by atoms with Crippen molar-refractivity contribution in [1.82, 2.24) is 0 Å². The van der Waals surface area contributed by atoms with Crippen molar-refractivity contribution in [2.75, 3.05) is 20.3 Å². The van der Waals surface area contributed by atoms with Gasteiger partial charge in [0, 0.05) is 11.5 Å². The Morgan fingerprint density at radius 1 is 1.67 bits per heavy atom. The van der Waals surface area contributed by atoms with Gasteiger partial charge in [-0.3, -0.25) is 0 Å². The minimum atomic E-state index is -0.302. The molecule has 68 valence electrons. The first-order chi connectivity index (χ1) is 5.56. The Morgan fingerprint density at radius 3 is 2.75 bits per heavy atom. The van der Waals surface area contributed by atoms with Crippen LogP contribution in [0, 0.1) is 5.41 Å². The summed E-state index contributed by atoms with van der Waals surface area (Å²) < 4.78 is 9.78. The highest BCUT2D eigenvalue weighted by molar-refractivity contribution is 5.83. The molecule has 12 heavy (non-hydrogen) atoms. The fraction of sp³-hybridized carbons (Fsp3) is 0.667. The van der Waals surface area contributed by atoms with Crippen molar-refractivity contribution in [2.45, 2.75) is 13.8 Å². The molecule has 0 spiro atoms. The summed E-state index contributed by atoms with van der Waals surface area (Å²) in [5.74, 6) is -0.302. The van der Waals surface area contributed by atoms with Crippen molar-refractivity contribution in [3.05, 3.63) is 11.6 Å². The lowest BCUT2D eigenvalue weighted by atomic mass is 9.87.